The molecule has 0 aliphatic rings. The summed E-state index contributed by atoms with van der Waals surface area (Å²) in [5.41, 5.74) is 3.03. The highest BCUT2D eigenvalue weighted by molar-refractivity contribution is 6.12. The molecular weight excluding hydrogens is 484 g/mol. The molecule has 0 unspecified atom stereocenters. The maximum Gasteiger partial charge on any atom is 0.337 e. The number of anilines is 2. The lowest BCUT2D eigenvalue weighted by molar-refractivity contribution is -0.116. The van der Waals surface area contributed by atoms with E-state index in [0.717, 1.165) is 11.1 Å². The molecule has 0 fully saturated rings. The zero-order chi connectivity index (χ0) is 27.7. The number of rotatable bonds is 12. The molecule has 8 nitrogen and oxygen atoms in total. The fraction of sp³-hybridized carbons (Fsp3) is 0.267. The Labute approximate surface area is 222 Å². The number of Topliss-reactive ketones (excluding diaryl/α,β-unsaturated/α-hetero) is 1. The molecule has 3 aromatic carbocycles. The minimum atomic E-state index is -1.14. The van der Waals surface area contributed by atoms with Gasteiger partial charge < -0.3 is 20.5 Å². The Morgan fingerprint density at radius 3 is 2.16 bits per heavy atom. The van der Waals surface area contributed by atoms with Crippen LogP contribution in [0.3, 0.4) is 0 Å². The Morgan fingerprint density at radius 1 is 0.789 bits per heavy atom. The number of carboxylic acids is 1. The topological polar surface area (TPSA) is 122 Å². The second kappa shape index (κ2) is 13.2. The number of hydrogen-bond donors (Lipinski definition) is 3. The number of nitrogens with one attached hydrogen (secondary N) is 2. The van der Waals surface area contributed by atoms with Gasteiger partial charge in [0, 0.05) is 18.4 Å². The van der Waals surface area contributed by atoms with Crippen molar-refractivity contribution in [3.63, 3.8) is 0 Å². The summed E-state index contributed by atoms with van der Waals surface area (Å²) in [6.07, 6.45) is 1.92. The van der Waals surface area contributed by atoms with Crippen LogP contribution in [0.15, 0.2) is 60.7 Å². The number of aryl methyl sites for hydroxylation is 2. The molecule has 0 saturated heterocycles. The third-order valence-electron chi connectivity index (χ3n) is 5.91. The predicted octanol–water partition coefficient (Wildman–Crippen LogP) is 6.03. The summed E-state index contributed by atoms with van der Waals surface area (Å²) in [6.45, 7) is 5.86. The lowest BCUT2D eigenvalue weighted by Gasteiger charge is -2.14. The summed E-state index contributed by atoms with van der Waals surface area (Å²) in [4.78, 5) is 48.9. The zero-order valence-corrected chi connectivity index (χ0v) is 21.8. The van der Waals surface area contributed by atoms with Gasteiger partial charge >= 0.3 is 5.97 Å². The molecule has 3 rings (SSSR count). The van der Waals surface area contributed by atoms with E-state index in [-0.39, 0.29) is 34.9 Å². The van der Waals surface area contributed by atoms with Crippen LogP contribution in [0.1, 0.15) is 74.8 Å². The first-order valence-electron chi connectivity index (χ1n) is 12.5. The van der Waals surface area contributed by atoms with E-state index in [2.05, 4.69) is 10.6 Å². The molecule has 3 aromatic rings. The Balaban J connectivity index is 1.54. The molecule has 0 bridgehead atoms. The van der Waals surface area contributed by atoms with Crippen LogP contribution in [-0.4, -0.2) is 35.3 Å². The monoisotopic (exact) mass is 516 g/mol. The van der Waals surface area contributed by atoms with E-state index in [9.17, 15) is 24.3 Å². The van der Waals surface area contributed by atoms with Crippen LogP contribution in [0.2, 0.25) is 0 Å². The van der Waals surface area contributed by atoms with Crippen LogP contribution in [0.4, 0.5) is 11.4 Å². The molecule has 8 heteroatoms. The number of ether oxygens (including phenoxy) is 1. The largest absolute Gasteiger partial charge is 0.494 e. The molecule has 38 heavy (non-hydrogen) atoms. The van der Waals surface area contributed by atoms with Gasteiger partial charge in [0.25, 0.3) is 5.91 Å². The third kappa shape index (κ3) is 7.77. The fourth-order valence-electron chi connectivity index (χ4n) is 3.82. The van der Waals surface area contributed by atoms with Gasteiger partial charge in [-0.2, -0.15) is 0 Å². The van der Waals surface area contributed by atoms with E-state index in [1.54, 1.807) is 61.5 Å². The van der Waals surface area contributed by atoms with Crippen molar-refractivity contribution in [1.29, 1.82) is 0 Å². The van der Waals surface area contributed by atoms with E-state index in [1.807, 2.05) is 13.8 Å². The third-order valence-corrected chi connectivity index (χ3v) is 5.91. The Bertz CT molecular complexity index is 1330. The van der Waals surface area contributed by atoms with Crippen LogP contribution < -0.4 is 15.4 Å². The van der Waals surface area contributed by atoms with Crippen molar-refractivity contribution >= 4 is 34.9 Å². The van der Waals surface area contributed by atoms with Gasteiger partial charge in [-0.1, -0.05) is 24.6 Å². The summed E-state index contributed by atoms with van der Waals surface area (Å²) in [5.74, 6) is -1.16. The van der Waals surface area contributed by atoms with Crippen molar-refractivity contribution in [3.8, 4) is 5.75 Å². The molecule has 0 radical (unpaired) electrons. The van der Waals surface area contributed by atoms with Gasteiger partial charge in [0.05, 0.1) is 29.1 Å². The van der Waals surface area contributed by atoms with Gasteiger partial charge in [-0.3, -0.25) is 14.4 Å². The molecule has 0 aromatic heterocycles. The molecular formula is C30H32N2O6. The first kappa shape index (κ1) is 28.1. The number of ketones is 1. The molecule has 0 heterocycles. The number of amides is 2. The first-order valence-corrected chi connectivity index (χ1v) is 12.5. The van der Waals surface area contributed by atoms with E-state index in [4.69, 9.17) is 4.74 Å². The average molecular weight is 517 g/mol. The Kier molecular flexibility index (Phi) is 9.76. The average Bonchev–Trinajstić information content (AvgIpc) is 2.89. The van der Waals surface area contributed by atoms with E-state index >= 15 is 0 Å². The van der Waals surface area contributed by atoms with Gasteiger partial charge in [0.1, 0.15) is 5.75 Å². The van der Waals surface area contributed by atoms with Crippen LogP contribution in [-0.2, 0) is 4.79 Å². The second-order valence-electron chi connectivity index (χ2n) is 9.01. The molecule has 2 amide bonds. The summed E-state index contributed by atoms with van der Waals surface area (Å²) in [6, 6.07) is 16.8. The number of aromatic carboxylic acids is 1. The number of carboxylic acid groups (broad SMARTS) is 1. The van der Waals surface area contributed by atoms with Crippen molar-refractivity contribution in [1.82, 2.24) is 0 Å². The SMILES string of the molecule is CCC(=O)c1ccc(OCCCCC(=O)Nc2cc(C)ccc2C(=O)Nc2ccc(C)cc2C(=O)O)cc1. The van der Waals surface area contributed by atoms with Crippen LogP contribution in [0.5, 0.6) is 5.75 Å². The maximum absolute atomic E-state index is 13.0. The van der Waals surface area contributed by atoms with E-state index in [1.165, 1.54) is 6.07 Å². The highest BCUT2D eigenvalue weighted by atomic mass is 16.5. The molecule has 0 spiro atoms. The number of unbranched alkanes of at least 4 members (excludes halogenated alkanes) is 1. The smallest absolute Gasteiger partial charge is 0.337 e. The van der Waals surface area contributed by atoms with Crippen LogP contribution >= 0.6 is 0 Å². The van der Waals surface area contributed by atoms with Crippen molar-refractivity contribution in [2.45, 2.75) is 46.5 Å². The van der Waals surface area contributed by atoms with Gasteiger partial charge in [-0.25, -0.2) is 4.79 Å². The molecule has 0 saturated carbocycles. The molecule has 0 aliphatic carbocycles. The van der Waals surface area contributed by atoms with Gasteiger partial charge in [-0.15, -0.1) is 0 Å². The van der Waals surface area contributed by atoms with Gasteiger partial charge in [-0.05, 0) is 80.8 Å². The van der Waals surface area contributed by atoms with Crippen molar-refractivity contribution < 1.29 is 29.0 Å². The number of benzene rings is 3. The van der Waals surface area contributed by atoms with E-state index in [0.29, 0.717) is 42.9 Å². The lowest BCUT2D eigenvalue weighted by atomic mass is 10.1. The first-order chi connectivity index (χ1) is 18.2. The predicted molar refractivity (Wildman–Crippen MR) is 146 cm³/mol. The van der Waals surface area contributed by atoms with E-state index < -0.39 is 11.9 Å². The molecule has 0 atom stereocenters. The Morgan fingerprint density at radius 2 is 1.47 bits per heavy atom. The number of hydrogen-bond acceptors (Lipinski definition) is 5. The molecule has 0 aliphatic heterocycles. The summed E-state index contributed by atoms with van der Waals surface area (Å²) < 4.78 is 5.69. The minimum Gasteiger partial charge on any atom is -0.494 e. The van der Waals surface area contributed by atoms with Crippen molar-refractivity contribution in [3.05, 3.63) is 88.5 Å². The number of carbonyl (C=O) groups excluding carboxylic acids is 3. The van der Waals surface area contributed by atoms with Crippen LogP contribution in [0, 0.1) is 13.8 Å². The van der Waals surface area contributed by atoms with Crippen molar-refractivity contribution in [2.75, 3.05) is 17.2 Å². The maximum atomic E-state index is 13.0. The zero-order valence-electron chi connectivity index (χ0n) is 21.8. The lowest BCUT2D eigenvalue weighted by Crippen LogP contribution is -2.19. The normalized spacial score (nSPS) is 10.5. The fourth-order valence-corrected chi connectivity index (χ4v) is 3.82. The van der Waals surface area contributed by atoms with Crippen LogP contribution in [0.25, 0.3) is 0 Å². The molecule has 198 valence electrons. The summed E-state index contributed by atoms with van der Waals surface area (Å²) in [5, 5.41) is 14.9. The highest BCUT2D eigenvalue weighted by Crippen LogP contribution is 2.23. The summed E-state index contributed by atoms with van der Waals surface area (Å²) >= 11 is 0. The standard InChI is InChI=1S/C30H32N2O6/c1-4-27(33)21-10-12-22(13-11-21)38-16-6-5-7-28(34)31-26-18-20(3)8-14-23(26)29(35)32-25-15-9-19(2)17-24(25)30(36)37/h8-15,17-18H,4-7,16H2,1-3H3,(H,31,34)(H,32,35)(H,36,37). The van der Waals surface area contributed by atoms with Crippen molar-refractivity contribution in [2.24, 2.45) is 0 Å². The Hall–Kier alpha value is -4.46. The second-order valence-corrected chi connectivity index (χ2v) is 9.01. The number of carbonyl (C=O) groups is 4. The van der Waals surface area contributed by atoms with Gasteiger partial charge in [0.15, 0.2) is 5.78 Å². The minimum absolute atomic E-state index is 0.0105. The van der Waals surface area contributed by atoms with Gasteiger partial charge in [0.2, 0.25) is 5.91 Å². The quantitative estimate of drug-likeness (QED) is 0.199. The summed E-state index contributed by atoms with van der Waals surface area (Å²) in [7, 11) is 0. The molecule has 3 N–H and O–H groups in total. The highest BCUT2D eigenvalue weighted by Gasteiger charge is 2.17.